The Bertz CT molecular complexity index is 504. The van der Waals surface area contributed by atoms with Gasteiger partial charge in [-0.2, -0.15) is 0 Å². The number of carbonyl (C=O) groups excluding carboxylic acids is 2. The molecule has 1 aromatic rings. The van der Waals surface area contributed by atoms with Gasteiger partial charge in [0.1, 0.15) is 12.4 Å². The van der Waals surface area contributed by atoms with Gasteiger partial charge in [0.25, 0.3) is 5.91 Å². The van der Waals surface area contributed by atoms with Crippen molar-refractivity contribution < 1.29 is 14.0 Å². The molecule has 0 unspecified atom stereocenters. The van der Waals surface area contributed by atoms with Gasteiger partial charge < -0.3 is 10.6 Å². The van der Waals surface area contributed by atoms with Gasteiger partial charge in [-0.05, 0) is 23.3 Å². The largest absolute Gasteiger partial charge is 0.327 e. The molecule has 5 nitrogen and oxygen atoms in total. The zero-order valence-electron chi connectivity index (χ0n) is 10.0. The number of likely N-dealkylation sites (N-methyl/N-ethyl adjacent to an activating group) is 1. The summed E-state index contributed by atoms with van der Waals surface area (Å²) < 4.78 is 13.3. The number of imide groups is 1. The first-order chi connectivity index (χ1) is 8.51. The third-order valence-corrected chi connectivity index (χ3v) is 2.82. The lowest BCUT2D eigenvalue weighted by molar-refractivity contribution is -0.125. The summed E-state index contributed by atoms with van der Waals surface area (Å²) in [4.78, 5) is 25.7. The highest BCUT2D eigenvalue weighted by atomic mass is 19.1. The maximum absolute atomic E-state index is 13.3. The van der Waals surface area contributed by atoms with E-state index in [-0.39, 0.29) is 31.6 Å². The zero-order chi connectivity index (χ0) is 13.3. The molecular weight excluding hydrogens is 237 g/mol. The molecule has 0 atom stereocenters. The van der Waals surface area contributed by atoms with E-state index >= 15 is 0 Å². The molecule has 1 saturated heterocycles. The van der Waals surface area contributed by atoms with E-state index in [2.05, 4.69) is 0 Å². The van der Waals surface area contributed by atoms with E-state index in [9.17, 15) is 14.0 Å². The standard InChI is InChI=1S/C12H14FN3O2/c1-15-7-11(17)16(12(15)18)6-9-2-8(5-14)3-10(13)4-9/h2-4H,5-7,14H2,1H3. The van der Waals surface area contributed by atoms with Crippen LogP contribution in [0.1, 0.15) is 11.1 Å². The summed E-state index contributed by atoms with van der Waals surface area (Å²) in [5, 5.41) is 0. The number of nitrogens with two attached hydrogens (primary N) is 1. The van der Waals surface area contributed by atoms with Crippen LogP contribution in [0.25, 0.3) is 0 Å². The molecule has 0 radical (unpaired) electrons. The molecule has 0 aliphatic carbocycles. The molecule has 96 valence electrons. The average Bonchev–Trinajstić information content (AvgIpc) is 2.55. The van der Waals surface area contributed by atoms with E-state index in [1.54, 1.807) is 13.1 Å². The molecule has 2 rings (SSSR count). The Balaban J connectivity index is 2.21. The van der Waals surface area contributed by atoms with E-state index in [0.29, 0.717) is 11.1 Å². The van der Waals surface area contributed by atoms with Crippen LogP contribution in [0.2, 0.25) is 0 Å². The lowest BCUT2D eigenvalue weighted by atomic mass is 10.1. The fraction of sp³-hybridized carbons (Fsp3) is 0.333. The molecular formula is C12H14FN3O2. The van der Waals surface area contributed by atoms with Crippen LogP contribution in [0.3, 0.4) is 0 Å². The van der Waals surface area contributed by atoms with Crippen molar-refractivity contribution in [2.45, 2.75) is 13.1 Å². The molecule has 0 bridgehead atoms. The minimum Gasteiger partial charge on any atom is -0.326 e. The Morgan fingerprint density at radius 1 is 1.28 bits per heavy atom. The Morgan fingerprint density at radius 3 is 2.50 bits per heavy atom. The predicted octanol–water partition coefficient (Wildman–Crippen LogP) is 0.678. The zero-order valence-corrected chi connectivity index (χ0v) is 10.0. The molecule has 0 saturated carbocycles. The molecule has 6 heteroatoms. The summed E-state index contributed by atoms with van der Waals surface area (Å²) in [5.74, 6) is -0.693. The second kappa shape index (κ2) is 4.73. The molecule has 0 aromatic heterocycles. The van der Waals surface area contributed by atoms with Gasteiger partial charge in [0, 0.05) is 13.6 Å². The smallest absolute Gasteiger partial charge is 0.326 e. The van der Waals surface area contributed by atoms with Crippen molar-refractivity contribution in [3.63, 3.8) is 0 Å². The van der Waals surface area contributed by atoms with Crippen LogP contribution in [-0.4, -0.2) is 35.3 Å². The Morgan fingerprint density at radius 2 is 1.94 bits per heavy atom. The molecule has 3 amide bonds. The van der Waals surface area contributed by atoms with E-state index in [0.717, 1.165) is 4.90 Å². The van der Waals surface area contributed by atoms with Gasteiger partial charge in [0.2, 0.25) is 0 Å². The monoisotopic (exact) mass is 251 g/mol. The molecule has 1 aromatic carbocycles. The average molecular weight is 251 g/mol. The van der Waals surface area contributed by atoms with Gasteiger partial charge in [-0.1, -0.05) is 6.07 Å². The number of hydrogen-bond donors (Lipinski definition) is 1. The number of hydrogen-bond acceptors (Lipinski definition) is 3. The van der Waals surface area contributed by atoms with Crippen molar-refractivity contribution in [2.75, 3.05) is 13.6 Å². The number of carbonyl (C=O) groups is 2. The van der Waals surface area contributed by atoms with Crippen LogP contribution in [0.5, 0.6) is 0 Å². The van der Waals surface area contributed by atoms with Crippen LogP contribution in [-0.2, 0) is 17.9 Å². The molecule has 1 aliphatic rings. The van der Waals surface area contributed by atoms with E-state index in [1.807, 2.05) is 0 Å². The third-order valence-electron chi connectivity index (χ3n) is 2.82. The highest BCUT2D eigenvalue weighted by molar-refractivity contribution is 6.01. The summed E-state index contributed by atoms with van der Waals surface area (Å²) in [6.45, 7) is 0.358. The van der Waals surface area contributed by atoms with Gasteiger partial charge in [-0.25, -0.2) is 9.18 Å². The number of urea groups is 1. The lowest BCUT2D eigenvalue weighted by Crippen LogP contribution is -2.31. The second-order valence-electron chi connectivity index (χ2n) is 4.29. The molecule has 1 fully saturated rings. The lowest BCUT2D eigenvalue weighted by Gasteiger charge is -2.14. The number of benzene rings is 1. The predicted molar refractivity (Wildman–Crippen MR) is 62.9 cm³/mol. The van der Waals surface area contributed by atoms with Crippen LogP contribution in [0.4, 0.5) is 9.18 Å². The van der Waals surface area contributed by atoms with Gasteiger partial charge in [-0.15, -0.1) is 0 Å². The van der Waals surface area contributed by atoms with Crippen molar-refractivity contribution in [3.8, 4) is 0 Å². The molecule has 1 heterocycles. The Labute approximate surface area is 104 Å². The van der Waals surface area contributed by atoms with Gasteiger partial charge in [-0.3, -0.25) is 9.69 Å². The highest BCUT2D eigenvalue weighted by Crippen LogP contribution is 2.15. The number of halogens is 1. The number of nitrogens with zero attached hydrogens (tertiary/aromatic N) is 2. The third kappa shape index (κ3) is 2.33. The second-order valence-corrected chi connectivity index (χ2v) is 4.29. The molecule has 18 heavy (non-hydrogen) atoms. The normalized spacial score (nSPS) is 15.7. The van der Waals surface area contributed by atoms with Crippen LogP contribution >= 0.6 is 0 Å². The SMILES string of the molecule is CN1CC(=O)N(Cc2cc(F)cc(CN)c2)C1=O. The van der Waals surface area contributed by atoms with Crippen molar-refractivity contribution in [1.82, 2.24) is 9.80 Å². The fourth-order valence-electron chi connectivity index (χ4n) is 1.93. The van der Waals surface area contributed by atoms with Gasteiger partial charge >= 0.3 is 6.03 Å². The summed E-state index contributed by atoms with van der Waals surface area (Å²) in [6, 6.07) is 3.97. The van der Waals surface area contributed by atoms with Gasteiger partial charge in [0.15, 0.2) is 0 Å². The van der Waals surface area contributed by atoms with Crippen LogP contribution < -0.4 is 5.73 Å². The minimum absolute atomic E-state index is 0.0674. The maximum Gasteiger partial charge on any atom is 0.327 e. The van der Waals surface area contributed by atoms with Crippen molar-refractivity contribution in [3.05, 3.63) is 35.1 Å². The minimum atomic E-state index is -0.416. The number of rotatable bonds is 3. The quantitative estimate of drug-likeness (QED) is 0.803. The summed E-state index contributed by atoms with van der Waals surface area (Å²) in [7, 11) is 1.55. The van der Waals surface area contributed by atoms with E-state index < -0.39 is 5.82 Å². The maximum atomic E-state index is 13.3. The first-order valence-corrected chi connectivity index (χ1v) is 5.55. The summed E-state index contributed by atoms with van der Waals surface area (Å²) in [5.41, 5.74) is 6.65. The van der Waals surface area contributed by atoms with E-state index in [1.165, 1.54) is 17.0 Å². The van der Waals surface area contributed by atoms with Crippen molar-refractivity contribution in [1.29, 1.82) is 0 Å². The van der Waals surface area contributed by atoms with Crippen LogP contribution in [0.15, 0.2) is 18.2 Å². The van der Waals surface area contributed by atoms with Crippen molar-refractivity contribution >= 4 is 11.9 Å². The molecule has 2 N–H and O–H groups in total. The Kier molecular flexibility index (Phi) is 3.29. The highest BCUT2D eigenvalue weighted by Gasteiger charge is 2.33. The fourth-order valence-corrected chi connectivity index (χ4v) is 1.93. The van der Waals surface area contributed by atoms with Crippen LogP contribution in [0, 0.1) is 5.82 Å². The van der Waals surface area contributed by atoms with Crippen molar-refractivity contribution in [2.24, 2.45) is 5.73 Å². The first kappa shape index (κ1) is 12.5. The molecule has 0 spiro atoms. The molecule has 1 aliphatic heterocycles. The summed E-state index contributed by atoms with van der Waals surface area (Å²) >= 11 is 0. The summed E-state index contributed by atoms with van der Waals surface area (Å²) in [6.07, 6.45) is 0. The van der Waals surface area contributed by atoms with Gasteiger partial charge in [0.05, 0.1) is 6.54 Å². The van der Waals surface area contributed by atoms with E-state index in [4.69, 9.17) is 5.73 Å². The number of amides is 3. The first-order valence-electron chi connectivity index (χ1n) is 5.55. The topological polar surface area (TPSA) is 66.6 Å². The Hall–Kier alpha value is -1.95.